The summed E-state index contributed by atoms with van der Waals surface area (Å²) in [6.07, 6.45) is 3.58. The van der Waals surface area contributed by atoms with Gasteiger partial charge in [0.1, 0.15) is 13.2 Å². The number of imide groups is 1. The zero-order valence-corrected chi connectivity index (χ0v) is 21.8. The quantitative estimate of drug-likeness (QED) is 0.320. The van der Waals surface area contributed by atoms with E-state index in [2.05, 4.69) is 22.6 Å². The van der Waals surface area contributed by atoms with Crippen molar-refractivity contribution in [2.24, 2.45) is 0 Å². The van der Waals surface area contributed by atoms with Crippen molar-refractivity contribution in [1.82, 2.24) is 9.80 Å². The molecular weight excluding hydrogens is 567 g/mol. The van der Waals surface area contributed by atoms with E-state index < -0.39 is 11.1 Å². The highest BCUT2D eigenvalue weighted by molar-refractivity contribution is 14.1. The normalized spacial score (nSPS) is 17.1. The lowest BCUT2D eigenvalue weighted by Crippen LogP contribution is -2.40. The topological polar surface area (TPSA) is 76.2 Å². The molecule has 0 aliphatic carbocycles. The first-order chi connectivity index (χ1) is 16.5. The van der Waals surface area contributed by atoms with Crippen molar-refractivity contribution in [3.63, 3.8) is 0 Å². The van der Waals surface area contributed by atoms with E-state index in [1.165, 1.54) is 0 Å². The number of carbonyl (C=O) groups excluding carboxylic acids is 3. The Labute approximate surface area is 216 Å². The van der Waals surface area contributed by atoms with Crippen LogP contribution in [0.4, 0.5) is 4.79 Å². The lowest BCUT2D eigenvalue weighted by atomic mass is 10.1. The Morgan fingerprint density at radius 2 is 1.85 bits per heavy atom. The standard InChI is InChI=1S/C25H25IN2O5S/c1-2-32-20-13-18(12-19(26)23(20)33-16-17-8-4-3-5-9-17)14-21-24(30)28(25(31)34-21)15-22(29)27-10-6-7-11-27/h3-5,8-9,12-14H,2,6-7,10-11,15-16H2,1H3/b21-14-. The van der Waals surface area contributed by atoms with E-state index >= 15 is 0 Å². The monoisotopic (exact) mass is 592 g/mol. The van der Waals surface area contributed by atoms with E-state index in [0.717, 1.165) is 44.2 Å². The largest absolute Gasteiger partial charge is 0.490 e. The van der Waals surface area contributed by atoms with Crippen LogP contribution >= 0.6 is 34.4 Å². The van der Waals surface area contributed by atoms with E-state index in [1.807, 2.05) is 43.3 Å². The number of halogens is 1. The number of hydrogen-bond acceptors (Lipinski definition) is 6. The zero-order valence-electron chi connectivity index (χ0n) is 18.8. The van der Waals surface area contributed by atoms with Gasteiger partial charge in [0.2, 0.25) is 5.91 Å². The van der Waals surface area contributed by atoms with Gasteiger partial charge in [0.05, 0.1) is 15.1 Å². The molecule has 2 saturated heterocycles. The first kappa shape index (κ1) is 24.6. The Morgan fingerprint density at radius 1 is 1.12 bits per heavy atom. The molecule has 0 aromatic heterocycles. The molecule has 7 nitrogen and oxygen atoms in total. The predicted octanol–water partition coefficient (Wildman–Crippen LogP) is 4.93. The fourth-order valence-electron chi connectivity index (χ4n) is 3.79. The molecule has 9 heteroatoms. The highest BCUT2D eigenvalue weighted by atomic mass is 127. The molecule has 2 aliphatic heterocycles. The Balaban J connectivity index is 1.51. The summed E-state index contributed by atoms with van der Waals surface area (Å²) < 4.78 is 12.7. The van der Waals surface area contributed by atoms with Crippen molar-refractivity contribution < 1.29 is 23.9 Å². The molecule has 178 valence electrons. The number of rotatable bonds is 8. The average Bonchev–Trinajstić information content (AvgIpc) is 3.45. The molecule has 2 aromatic carbocycles. The minimum absolute atomic E-state index is 0.186. The van der Waals surface area contributed by atoms with Crippen molar-refractivity contribution in [2.75, 3.05) is 26.2 Å². The van der Waals surface area contributed by atoms with Crippen LogP contribution in [0.2, 0.25) is 0 Å². The van der Waals surface area contributed by atoms with E-state index in [9.17, 15) is 14.4 Å². The molecule has 2 aromatic rings. The lowest BCUT2D eigenvalue weighted by molar-refractivity contribution is -0.135. The number of likely N-dealkylation sites (tertiary alicyclic amines) is 1. The number of carbonyl (C=O) groups is 3. The molecule has 0 N–H and O–H groups in total. The predicted molar refractivity (Wildman–Crippen MR) is 140 cm³/mol. The third kappa shape index (κ3) is 5.75. The van der Waals surface area contributed by atoms with Crippen LogP contribution in [0.3, 0.4) is 0 Å². The van der Waals surface area contributed by atoms with Crippen LogP contribution in [0.15, 0.2) is 47.4 Å². The van der Waals surface area contributed by atoms with Gasteiger partial charge in [0.15, 0.2) is 11.5 Å². The van der Waals surface area contributed by atoms with Crippen LogP contribution in [0.1, 0.15) is 30.9 Å². The molecule has 34 heavy (non-hydrogen) atoms. The SMILES string of the molecule is CCOc1cc(/C=C2\SC(=O)N(CC(=O)N3CCCC3)C2=O)cc(I)c1OCc1ccccc1. The van der Waals surface area contributed by atoms with Gasteiger partial charge in [-0.3, -0.25) is 19.3 Å². The van der Waals surface area contributed by atoms with Gasteiger partial charge in [-0.25, -0.2) is 0 Å². The summed E-state index contributed by atoms with van der Waals surface area (Å²) in [4.78, 5) is 40.8. The lowest BCUT2D eigenvalue weighted by Gasteiger charge is -2.18. The molecule has 0 radical (unpaired) electrons. The van der Waals surface area contributed by atoms with Crippen LogP contribution in [-0.4, -0.2) is 53.1 Å². The molecular formula is C25H25IN2O5S. The summed E-state index contributed by atoms with van der Waals surface area (Å²) in [7, 11) is 0. The molecule has 2 aliphatic rings. The van der Waals surface area contributed by atoms with Gasteiger partial charge in [-0.2, -0.15) is 0 Å². The van der Waals surface area contributed by atoms with Crippen LogP contribution < -0.4 is 9.47 Å². The molecule has 0 bridgehead atoms. The maximum atomic E-state index is 12.9. The summed E-state index contributed by atoms with van der Waals surface area (Å²) >= 11 is 3.03. The summed E-state index contributed by atoms with van der Waals surface area (Å²) in [5.41, 5.74) is 1.76. The van der Waals surface area contributed by atoms with E-state index in [0.29, 0.717) is 37.8 Å². The number of thioether (sulfide) groups is 1. The van der Waals surface area contributed by atoms with Gasteiger partial charge in [0, 0.05) is 13.1 Å². The highest BCUT2D eigenvalue weighted by Gasteiger charge is 2.37. The molecule has 0 unspecified atom stereocenters. The van der Waals surface area contributed by atoms with Crippen LogP contribution in [-0.2, 0) is 16.2 Å². The van der Waals surface area contributed by atoms with E-state index in [1.54, 1.807) is 17.0 Å². The number of ether oxygens (including phenoxy) is 2. The van der Waals surface area contributed by atoms with Crippen molar-refractivity contribution in [2.45, 2.75) is 26.4 Å². The Bertz CT molecular complexity index is 1120. The van der Waals surface area contributed by atoms with E-state index in [4.69, 9.17) is 9.47 Å². The summed E-state index contributed by atoms with van der Waals surface area (Å²) in [5.74, 6) is 0.571. The number of benzene rings is 2. The molecule has 0 saturated carbocycles. The Kier molecular flexibility index (Phi) is 8.15. The van der Waals surface area contributed by atoms with Gasteiger partial charge in [-0.1, -0.05) is 30.3 Å². The van der Waals surface area contributed by atoms with Crippen LogP contribution in [0.25, 0.3) is 6.08 Å². The van der Waals surface area contributed by atoms with Crippen LogP contribution in [0.5, 0.6) is 11.5 Å². The second-order valence-electron chi connectivity index (χ2n) is 7.89. The zero-order chi connectivity index (χ0) is 24.1. The molecule has 2 heterocycles. The fourth-order valence-corrected chi connectivity index (χ4v) is 5.41. The summed E-state index contributed by atoms with van der Waals surface area (Å²) in [5, 5.41) is -0.425. The van der Waals surface area contributed by atoms with Crippen molar-refractivity contribution in [3.8, 4) is 11.5 Å². The Morgan fingerprint density at radius 3 is 2.56 bits per heavy atom. The fraction of sp³-hybridized carbons (Fsp3) is 0.320. The third-order valence-electron chi connectivity index (χ3n) is 5.48. The van der Waals surface area contributed by atoms with Gasteiger partial charge < -0.3 is 14.4 Å². The number of hydrogen-bond donors (Lipinski definition) is 0. The maximum absolute atomic E-state index is 12.9. The first-order valence-corrected chi connectivity index (χ1v) is 13.0. The highest BCUT2D eigenvalue weighted by Crippen LogP contribution is 2.38. The van der Waals surface area contributed by atoms with Gasteiger partial charge in [-0.05, 0) is 83.5 Å². The van der Waals surface area contributed by atoms with Crippen molar-refractivity contribution >= 4 is 57.5 Å². The number of nitrogens with zero attached hydrogens (tertiary/aromatic N) is 2. The van der Waals surface area contributed by atoms with E-state index in [-0.39, 0.29) is 17.4 Å². The average molecular weight is 592 g/mol. The van der Waals surface area contributed by atoms with Crippen LogP contribution in [0, 0.1) is 3.57 Å². The summed E-state index contributed by atoms with van der Waals surface area (Å²) in [6, 6.07) is 13.5. The third-order valence-corrected chi connectivity index (χ3v) is 7.19. The van der Waals surface area contributed by atoms with Crippen molar-refractivity contribution in [1.29, 1.82) is 0 Å². The molecule has 0 atom stereocenters. The minimum Gasteiger partial charge on any atom is -0.490 e. The van der Waals surface area contributed by atoms with Gasteiger partial charge in [0.25, 0.3) is 11.1 Å². The summed E-state index contributed by atoms with van der Waals surface area (Å²) in [6.45, 7) is 3.90. The Hall–Kier alpha value is -2.53. The minimum atomic E-state index is -0.445. The molecule has 0 spiro atoms. The second-order valence-corrected chi connectivity index (χ2v) is 10.0. The van der Waals surface area contributed by atoms with Gasteiger partial charge >= 0.3 is 0 Å². The van der Waals surface area contributed by atoms with Gasteiger partial charge in [-0.15, -0.1) is 0 Å². The smallest absolute Gasteiger partial charge is 0.294 e. The first-order valence-electron chi connectivity index (χ1n) is 11.1. The maximum Gasteiger partial charge on any atom is 0.294 e. The molecule has 3 amide bonds. The number of amides is 3. The van der Waals surface area contributed by atoms with Crippen molar-refractivity contribution in [3.05, 3.63) is 62.1 Å². The molecule has 2 fully saturated rings. The molecule has 4 rings (SSSR count). The second kappa shape index (κ2) is 11.3.